The van der Waals surface area contributed by atoms with Crippen LogP contribution in [0.4, 0.5) is 23.1 Å². The van der Waals surface area contributed by atoms with E-state index in [1.807, 2.05) is 71.2 Å². The topological polar surface area (TPSA) is 118 Å². The Morgan fingerprint density at radius 2 is 1.73 bits per heavy atom. The van der Waals surface area contributed by atoms with E-state index in [4.69, 9.17) is 5.41 Å². The van der Waals surface area contributed by atoms with Gasteiger partial charge in [0.15, 0.2) is 5.69 Å². The van der Waals surface area contributed by atoms with Crippen molar-refractivity contribution in [2.45, 2.75) is 13.8 Å². The average Bonchev–Trinajstić information content (AvgIpc) is 2.78. The first-order chi connectivity index (χ1) is 15.6. The molecule has 0 amide bonds. The number of pyridine rings is 1. The summed E-state index contributed by atoms with van der Waals surface area (Å²) in [4.78, 5) is 28.8. The van der Waals surface area contributed by atoms with Crippen LogP contribution in [-0.4, -0.2) is 59.9 Å². The van der Waals surface area contributed by atoms with Gasteiger partial charge in [0.1, 0.15) is 5.82 Å². The van der Waals surface area contributed by atoms with E-state index in [1.54, 1.807) is 17.3 Å². The summed E-state index contributed by atoms with van der Waals surface area (Å²) >= 11 is 0. The van der Waals surface area contributed by atoms with E-state index in [1.165, 1.54) is 6.07 Å². The van der Waals surface area contributed by atoms with Crippen LogP contribution in [0.15, 0.2) is 42.7 Å². The maximum Gasteiger partial charge on any atom is 0.354 e. The molecule has 2 aromatic heterocycles. The number of carboxylic acids is 1. The van der Waals surface area contributed by atoms with Crippen molar-refractivity contribution in [2.75, 3.05) is 43.3 Å². The number of carbonyl (C=O) groups is 1. The SMILES string of the molecule is CC(C)C(=N)c1c(-c2cnc(N(C)C)nc2)cc(C(=O)O)nc1Nc1cccc(N(C)C)c1. The first-order valence-electron chi connectivity index (χ1n) is 10.5. The van der Waals surface area contributed by atoms with E-state index in [0.717, 1.165) is 11.4 Å². The van der Waals surface area contributed by atoms with Crippen LogP contribution in [0, 0.1) is 11.3 Å². The maximum absolute atomic E-state index is 11.9. The molecule has 33 heavy (non-hydrogen) atoms. The van der Waals surface area contributed by atoms with Crippen molar-refractivity contribution >= 4 is 34.8 Å². The molecule has 1 aromatic carbocycles. The van der Waals surface area contributed by atoms with Gasteiger partial charge in [-0.2, -0.15) is 0 Å². The summed E-state index contributed by atoms with van der Waals surface area (Å²) in [6.45, 7) is 3.83. The Bertz CT molecular complexity index is 1170. The predicted octanol–water partition coefficient (Wildman–Crippen LogP) is 4.14. The van der Waals surface area contributed by atoms with Gasteiger partial charge in [0, 0.05) is 68.8 Å². The second-order valence-corrected chi connectivity index (χ2v) is 8.39. The van der Waals surface area contributed by atoms with E-state index in [9.17, 15) is 9.90 Å². The molecule has 0 aliphatic rings. The van der Waals surface area contributed by atoms with Crippen LogP contribution in [0.2, 0.25) is 0 Å². The smallest absolute Gasteiger partial charge is 0.354 e. The predicted molar refractivity (Wildman–Crippen MR) is 132 cm³/mol. The van der Waals surface area contributed by atoms with E-state index in [2.05, 4.69) is 20.3 Å². The number of hydrogen-bond acceptors (Lipinski definition) is 8. The first kappa shape index (κ1) is 23.6. The van der Waals surface area contributed by atoms with Crippen LogP contribution in [0.25, 0.3) is 11.1 Å². The van der Waals surface area contributed by atoms with Crippen molar-refractivity contribution in [2.24, 2.45) is 5.92 Å². The van der Waals surface area contributed by atoms with E-state index in [0.29, 0.717) is 34.2 Å². The average molecular weight is 448 g/mol. The maximum atomic E-state index is 11.9. The second-order valence-electron chi connectivity index (χ2n) is 8.39. The van der Waals surface area contributed by atoms with E-state index >= 15 is 0 Å². The summed E-state index contributed by atoms with van der Waals surface area (Å²) in [6.07, 6.45) is 3.27. The fourth-order valence-corrected chi connectivity index (χ4v) is 3.22. The molecule has 9 nitrogen and oxygen atoms in total. The standard InChI is InChI=1S/C24H29N7O2/c1-14(2)21(25)20-18(15-12-26-24(27-13-15)31(5)6)11-19(23(32)33)29-22(20)28-16-8-7-9-17(10-16)30(3)4/h7-14,25H,1-6H3,(H,28,29)(H,32,33). The third kappa shape index (κ3) is 5.25. The summed E-state index contributed by atoms with van der Waals surface area (Å²) in [7, 11) is 7.57. The molecule has 0 spiro atoms. The van der Waals surface area contributed by atoms with Gasteiger partial charge < -0.3 is 25.6 Å². The minimum atomic E-state index is -1.16. The molecule has 0 aliphatic heterocycles. The Morgan fingerprint density at radius 1 is 1.06 bits per heavy atom. The molecule has 3 N–H and O–H groups in total. The number of hydrogen-bond donors (Lipinski definition) is 3. The molecular weight excluding hydrogens is 418 g/mol. The fourth-order valence-electron chi connectivity index (χ4n) is 3.22. The number of carboxylic acid groups (broad SMARTS) is 1. The van der Waals surface area contributed by atoms with Gasteiger partial charge in [-0.3, -0.25) is 0 Å². The quantitative estimate of drug-likeness (QED) is 0.441. The van der Waals surface area contributed by atoms with Crippen LogP contribution in [-0.2, 0) is 0 Å². The Hall–Kier alpha value is -4.01. The normalized spacial score (nSPS) is 10.8. The highest BCUT2D eigenvalue weighted by molar-refractivity contribution is 6.10. The number of aromatic carboxylic acids is 1. The lowest BCUT2D eigenvalue weighted by atomic mass is 9.92. The minimum absolute atomic E-state index is 0.114. The Balaban J connectivity index is 2.23. The van der Waals surface area contributed by atoms with Crippen LogP contribution < -0.4 is 15.1 Å². The monoisotopic (exact) mass is 447 g/mol. The zero-order chi connectivity index (χ0) is 24.3. The lowest BCUT2D eigenvalue weighted by Gasteiger charge is -2.20. The summed E-state index contributed by atoms with van der Waals surface area (Å²) in [5, 5.41) is 21.8. The molecule has 3 rings (SSSR count). The third-order valence-electron chi connectivity index (χ3n) is 5.06. The number of anilines is 4. The highest BCUT2D eigenvalue weighted by atomic mass is 16.4. The molecule has 0 atom stereocenters. The van der Waals surface area contributed by atoms with Crippen molar-refractivity contribution < 1.29 is 9.90 Å². The van der Waals surface area contributed by atoms with Crippen molar-refractivity contribution in [1.29, 1.82) is 5.41 Å². The summed E-state index contributed by atoms with van der Waals surface area (Å²) < 4.78 is 0. The van der Waals surface area contributed by atoms with Crippen molar-refractivity contribution in [1.82, 2.24) is 15.0 Å². The van der Waals surface area contributed by atoms with Gasteiger partial charge in [-0.05, 0) is 35.7 Å². The molecule has 0 aliphatic carbocycles. The first-order valence-corrected chi connectivity index (χ1v) is 10.5. The molecule has 0 saturated carbocycles. The molecule has 0 fully saturated rings. The lowest BCUT2D eigenvalue weighted by molar-refractivity contribution is 0.0690. The van der Waals surface area contributed by atoms with Crippen LogP contribution in [0.3, 0.4) is 0 Å². The molecule has 9 heteroatoms. The van der Waals surface area contributed by atoms with Gasteiger partial charge in [-0.1, -0.05) is 19.9 Å². The number of nitrogens with one attached hydrogen (secondary N) is 2. The Morgan fingerprint density at radius 3 is 2.27 bits per heavy atom. The zero-order valence-electron chi connectivity index (χ0n) is 19.7. The molecule has 3 aromatic rings. The van der Waals surface area contributed by atoms with Gasteiger partial charge in [0.2, 0.25) is 5.95 Å². The van der Waals surface area contributed by atoms with Crippen molar-refractivity contribution in [3.05, 3.63) is 54.0 Å². The highest BCUT2D eigenvalue weighted by Crippen LogP contribution is 2.33. The fraction of sp³-hybridized carbons (Fsp3) is 0.292. The molecular formula is C24H29N7O2. The minimum Gasteiger partial charge on any atom is -0.477 e. The largest absolute Gasteiger partial charge is 0.477 e. The van der Waals surface area contributed by atoms with Gasteiger partial charge in [-0.25, -0.2) is 19.7 Å². The van der Waals surface area contributed by atoms with Crippen LogP contribution in [0.1, 0.15) is 29.9 Å². The highest BCUT2D eigenvalue weighted by Gasteiger charge is 2.23. The summed E-state index contributed by atoms with van der Waals surface area (Å²) in [5.74, 6) is -0.437. The Labute approximate surface area is 193 Å². The van der Waals surface area contributed by atoms with Gasteiger partial charge in [0.25, 0.3) is 0 Å². The Kier molecular flexibility index (Phi) is 6.91. The van der Waals surface area contributed by atoms with Crippen LogP contribution >= 0.6 is 0 Å². The molecule has 2 heterocycles. The molecule has 172 valence electrons. The number of aromatic nitrogens is 3. The number of benzene rings is 1. The summed E-state index contributed by atoms with van der Waals surface area (Å²) in [5.41, 5.74) is 3.58. The van der Waals surface area contributed by atoms with Gasteiger partial charge in [0.05, 0.1) is 0 Å². The summed E-state index contributed by atoms with van der Waals surface area (Å²) in [6, 6.07) is 9.16. The number of nitrogens with zero attached hydrogens (tertiary/aromatic N) is 5. The molecule has 0 saturated heterocycles. The molecule has 0 bridgehead atoms. The molecule has 0 unspecified atom stereocenters. The van der Waals surface area contributed by atoms with Crippen molar-refractivity contribution in [3.8, 4) is 11.1 Å². The third-order valence-corrected chi connectivity index (χ3v) is 5.06. The zero-order valence-corrected chi connectivity index (χ0v) is 19.7. The lowest BCUT2D eigenvalue weighted by Crippen LogP contribution is -2.16. The second kappa shape index (κ2) is 9.64. The van der Waals surface area contributed by atoms with Gasteiger partial charge in [-0.15, -0.1) is 0 Å². The van der Waals surface area contributed by atoms with E-state index in [-0.39, 0.29) is 11.6 Å². The van der Waals surface area contributed by atoms with Gasteiger partial charge >= 0.3 is 5.97 Å². The van der Waals surface area contributed by atoms with Crippen molar-refractivity contribution in [3.63, 3.8) is 0 Å². The number of rotatable bonds is 8. The van der Waals surface area contributed by atoms with Crippen LogP contribution in [0.5, 0.6) is 0 Å². The molecule has 0 radical (unpaired) electrons. The van der Waals surface area contributed by atoms with E-state index < -0.39 is 5.97 Å².